The second kappa shape index (κ2) is 13.4. The number of hydrogen-bond donors (Lipinski definition) is 3. The molecule has 0 spiro atoms. The zero-order valence-electron chi connectivity index (χ0n) is 26.7. The maximum absolute atomic E-state index is 13.6. The first-order valence-electron chi connectivity index (χ1n) is 15.1. The van der Waals surface area contributed by atoms with E-state index in [4.69, 9.17) is 9.72 Å². The molecule has 4 aromatic rings. The van der Waals surface area contributed by atoms with E-state index in [-0.39, 0.29) is 11.3 Å². The van der Waals surface area contributed by atoms with Crippen LogP contribution in [0.15, 0.2) is 48.8 Å². The number of ether oxygens (including phenoxy) is 1. The molecular formula is C34H43N7O2S. The molecule has 2 aromatic heterocycles. The molecule has 0 saturated carbocycles. The Morgan fingerprint density at radius 1 is 1.05 bits per heavy atom. The Balaban J connectivity index is 1.41. The minimum absolute atomic E-state index is 0.122. The second-order valence-electron chi connectivity index (χ2n) is 12.6. The molecule has 232 valence electrons. The van der Waals surface area contributed by atoms with Crippen LogP contribution < -0.4 is 20.1 Å². The van der Waals surface area contributed by atoms with Crippen molar-refractivity contribution in [1.82, 2.24) is 19.9 Å². The maximum atomic E-state index is 13.6. The second-order valence-corrected chi connectivity index (χ2v) is 13.2. The Morgan fingerprint density at radius 3 is 2.50 bits per heavy atom. The molecule has 1 aliphatic rings. The van der Waals surface area contributed by atoms with Crippen molar-refractivity contribution in [3.8, 4) is 5.75 Å². The highest BCUT2D eigenvalue weighted by atomic mass is 32.2. The standard InChI is InChI=1S/C34H43N7O2S/c1-21-8-9-23(33(42)39-28-18-24(34(2,3)4)19-29(40-44-7)31(28)43-6)17-27(21)38-32-30-26(35-20-36-32)11-10-25(37-30)16-22-12-14-41(5)15-13-22/h8-11,17-20,22,40H,12-16H2,1-7H3,(H,39,42)(H,35,36,38). The number of carbonyl (C=O) groups excluding carboxylic acids is 1. The molecule has 0 unspecified atom stereocenters. The van der Waals surface area contributed by atoms with Gasteiger partial charge in [0.1, 0.15) is 11.8 Å². The van der Waals surface area contributed by atoms with E-state index >= 15 is 0 Å². The highest BCUT2D eigenvalue weighted by Crippen LogP contribution is 2.40. The van der Waals surface area contributed by atoms with Crippen molar-refractivity contribution in [2.24, 2.45) is 5.92 Å². The molecule has 0 bridgehead atoms. The zero-order valence-corrected chi connectivity index (χ0v) is 27.6. The minimum atomic E-state index is -0.237. The number of anilines is 4. The monoisotopic (exact) mass is 613 g/mol. The Morgan fingerprint density at radius 2 is 1.80 bits per heavy atom. The molecule has 1 amide bonds. The van der Waals surface area contributed by atoms with Crippen molar-refractivity contribution in [2.45, 2.75) is 52.4 Å². The van der Waals surface area contributed by atoms with E-state index in [1.54, 1.807) is 13.4 Å². The first-order chi connectivity index (χ1) is 21.0. The van der Waals surface area contributed by atoms with Gasteiger partial charge in [0.25, 0.3) is 5.91 Å². The Hall–Kier alpha value is -3.89. The number of nitrogens with zero attached hydrogens (tertiary/aromatic N) is 4. The van der Waals surface area contributed by atoms with E-state index in [9.17, 15) is 4.79 Å². The molecule has 1 fully saturated rings. The van der Waals surface area contributed by atoms with Gasteiger partial charge in [0, 0.05) is 23.2 Å². The lowest BCUT2D eigenvalue weighted by Crippen LogP contribution is -2.31. The van der Waals surface area contributed by atoms with Gasteiger partial charge in [0.05, 0.1) is 24.0 Å². The van der Waals surface area contributed by atoms with Gasteiger partial charge in [-0.05, 0) is 105 Å². The highest BCUT2D eigenvalue weighted by Gasteiger charge is 2.22. The summed E-state index contributed by atoms with van der Waals surface area (Å²) in [5, 5.41) is 6.55. The van der Waals surface area contributed by atoms with Gasteiger partial charge in [0.2, 0.25) is 0 Å². The van der Waals surface area contributed by atoms with Gasteiger partial charge in [-0.2, -0.15) is 0 Å². The van der Waals surface area contributed by atoms with Gasteiger partial charge in [0.15, 0.2) is 11.6 Å². The van der Waals surface area contributed by atoms with Crippen molar-refractivity contribution in [3.05, 3.63) is 71.2 Å². The summed E-state index contributed by atoms with van der Waals surface area (Å²) in [6, 6.07) is 13.8. The van der Waals surface area contributed by atoms with Crippen LogP contribution >= 0.6 is 11.9 Å². The molecule has 9 nitrogen and oxygen atoms in total. The molecule has 0 atom stereocenters. The number of methoxy groups -OCH3 is 1. The van der Waals surface area contributed by atoms with Crippen LogP contribution in [-0.2, 0) is 11.8 Å². The maximum Gasteiger partial charge on any atom is 0.255 e. The van der Waals surface area contributed by atoms with E-state index in [0.717, 1.165) is 58.7 Å². The predicted molar refractivity (Wildman–Crippen MR) is 183 cm³/mol. The summed E-state index contributed by atoms with van der Waals surface area (Å²) in [5.41, 5.74) is 7.21. The molecule has 1 aliphatic heterocycles. The third-order valence-corrected chi connectivity index (χ3v) is 8.67. The van der Waals surface area contributed by atoms with Gasteiger partial charge in [-0.15, -0.1) is 0 Å². The first-order valence-corrected chi connectivity index (χ1v) is 16.3. The number of aryl methyl sites for hydroxylation is 1. The normalized spacial score (nSPS) is 14.4. The number of aromatic nitrogens is 3. The fourth-order valence-corrected chi connectivity index (χ4v) is 5.90. The largest absolute Gasteiger partial charge is 0.492 e. The summed E-state index contributed by atoms with van der Waals surface area (Å²) in [6.07, 6.45) is 6.81. The van der Waals surface area contributed by atoms with Gasteiger partial charge < -0.3 is 25.0 Å². The average molecular weight is 614 g/mol. The lowest BCUT2D eigenvalue weighted by molar-refractivity contribution is 0.102. The molecule has 5 rings (SSSR count). The molecule has 1 saturated heterocycles. The summed E-state index contributed by atoms with van der Waals surface area (Å²) in [7, 11) is 3.79. The smallest absolute Gasteiger partial charge is 0.255 e. The van der Waals surface area contributed by atoms with Crippen molar-refractivity contribution in [1.29, 1.82) is 0 Å². The van der Waals surface area contributed by atoms with Gasteiger partial charge in [-0.3, -0.25) is 4.79 Å². The molecule has 3 N–H and O–H groups in total. The minimum Gasteiger partial charge on any atom is -0.492 e. The fourth-order valence-electron chi connectivity index (χ4n) is 5.53. The number of carbonyl (C=O) groups is 1. The Bertz CT molecular complexity index is 1650. The number of benzene rings is 2. The number of rotatable bonds is 9. The van der Waals surface area contributed by atoms with Crippen LogP contribution in [0.3, 0.4) is 0 Å². The molecule has 2 aromatic carbocycles. The lowest BCUT2D eigenvalue weighted by Gasteiger charge is -2.28. The number of pyridine rings is 1. The summed E-state index contributed by atoms with van der Waals surface area (Å²) >= 11 is 1.47. The van der Waals surface area contributed by atoms with Crippen molar-refractivity contribution in [3.63, 3.8) is 0 Å². The number of likely N-dealkylation sites (tertiary alicyclic amines) is 1. The molecule has 44 heavy (non-hydrogen) atoms. The van der Waals surface area contributed by atoms with Crippen molar-refractivity contribution in [2.75, 3.05) is 48.9 Å². The van der Waals surface area contributed by atoms with Crippen LogP contribution in [0.1, 0.15) is 60.8 Å². The van der Waals surface area contributed by atoms with E-state index in [1.807, 2.05) is 43.5 Å². The quantitative estimate of drug-likeness (QED) is 0.169. The van der Waals surface area contributed by atoms with Crippen LogP contribution in [0.25, 0.3) is 11.0 Å². The van der Waals surface area contributed by atoms with Gasteiger partial charge in [-0.25, -0.2) is 15.0 Å². The van der Waals surface area contributed by atoms with Crippen LogP contribution in [0.4, 0.5) is 22.9 Å². The Labute approximate surface area is 264 Å². The number of piperidine rings is 1. The third-order valence-electron chi connectivity index (χ3n) is 8.25. The topological polar surface area (TPSA) is 104 Å². The zero-order chi connectivity index (χ0) is 31.4. The van der Waals surface area contributed by atoms with Gasteiger partial charge >= 0.3 is 0 Å². The summed E-state index contributed by atoms with van der Waals surface area (Å²) in [4.78, 5) is 30.0. The van der Waals surface area contributed by atoms with Crippen LogP contribution in [0, 0.1) is 12.8 Å². The molecule has 3 heterocycles. The van der Waals surface area contributed by atoms with E-state index in [0.29, 0.717) is 28.7 Å². The van der Waals surface area contributed by atoms with Gasteiger partial charge in [-0.1, -0.05) is 38.8 Å². The van der Waals surface area contributed by atoms with Crippen LogP contribution in [0.2, 0.25) is 0 Å². The predicted octanol–water partition coefficient (Wildman–Crippen LogP) is 7.21. The van der Waals surface area contributed by atoms with Crippen LogP contribution in [-0.4, -0.2) is 59.3 Å². The highest BCUT2D eigenvalue weighted by molar-refractivity contribution is 7.99. The number of hydrogen-bond acceptors (Lipinski definition) is 9. The molecule has 0 radical (unpaired) electrons. The summed E-state index contributed by atoms with van der Waals surface area (Å²) < 4.78 is 9.02. The van der Waals surface area contributed by atoms with E-state index < -0.39 is 0 Å². The number of amides is 1. The van der Waals surface area contributed by atoms with Crippen LogP contribution in [0.5, 0.6) is 5.75 Å². The molecule has 10 heteroatoms. The third kappa shape index (κ3) is 7.25. The van der Waals surface area contributed by atoms with E-state index in [1.165, 1.54) is 24.8 Å². The van der Waals surface area contributed by atoms with E-state index in [2.05, 4.69) is 70.2 Å². The van der Waals surface area contributed by atoms with Crippen molar-refractivity contribution >= 4 is 51.8 Å². The fraction of sp³-hybridized carbons (Fsp3) is 0.412. The number of nitrogens with one attached hydrogen (secondary N) is 3. The summed E-state index contributed by atoms with van der Waals surface area (Å²) in [6.45, 7) is 10.7. The Kier molecular flexibility index (Phi) is 9.60. The van der Waals surface area contributed by atoms with Crippen molar-refractivity contribution < 1.29 is 9.53 Å². The lowest BCUT2D eigenvalue weighted by atomic mass is 9.86. The molecular weight excluding hydrogens is 570 g/mol. The SMILES string of the molecule is COc1c(NSC)cc(C(C)(C)C)cc1NC(=O)c1ccc(C)c(Nc2ncnc3ccc(CC4CCN(C)CC4)nc23)c1. The average Bonchev–Trinajstić information content (AvgIpc) is 2.99. The molecule has 0 aliphatic carbocycles. The summed E-state index contributed by atoms with van der Waals surface area (Å²) in [5.74, 6) is 1.59. The number of fused-ring (bicyclic) bond motifs is 1. The first kappa shape index (κ1) is 31.5.